The number of carbonyl (C=O) groups is 1. The van der Waals surface area contributed by atoms with Gasteiger partial charge in [-0.05, 0) is 63.3 Å². The van der Waals surface area contributed by atoms with Crippen LogP contribution in [0.25, 0.3) is 0 Å². The second-order valence-electron chi connectivity index (χ2n) is 9.54. The van der Waals surface area contributed by atoms with Crippen molar-refractivity contribution < 1.29 is 17.9 Å². The predicted octanol–water partition coefficient (Wildman–Crippen LogP) is 4.42. The topological polar surface area (TPSA) is 70.2 Å². The van der Waals surface area contributed by atoms with E-state index < -0.39 is 10.0 Å². The summed E-state index contributed by atoms with van der Waals surface area (Å²) in [7, 11) is -0.451. The van der Waals surface area contributed by atoms with Gasteiger partial charge >= 0.3 is 6.09 Å². The lowest BCUT2D eigenvalue weighted by atomic mass is 9.94. The van der Waals surface area contributed by atoms with Gasteiger partial charge in [0.25, 0.3) is 0 Å². The maximum atomic E-state index is 13.1. The average Bonchev–Trinajstić information content (AvgIpc) is 2.88. The molecule has 192 valence electrons. The largest absolute Gasteiger partial charge is 0.453 e. The van der Waals surface area contributed by atoms with Crippen LogP contribution < -0.4 is 0 Å². The van der Waals surface area contributed by atoms with E-state index >= 15 is 0 Å². The van der Waals surface area contributed by atoms with Gasteiger partial charge in [0.2, 0.25) is 10.0 Å². The molecule has 3 rings (SSSR count). The molecule has 1 unspecified atom stereocenters. The van der Waals surface area contributed by atoms with Crippen LogP contribution in [0.2, 0.25) is 0 Å². The molecule has 0 aliphatic carbocycles. The molecule has 8 heteroatoms. The van der Waals surface area contributed by atoms with Crippen LogP contribution in [0.3, 0.4) is 0 Å². The number of hydrogen-bond donors (Lipinski definition) is 0. The summed E-state index contributed by atoms with van der Waals surface area (Å²) in [6.45, 7) is 7.16. The van der Waals surface area contributed by atoms with Crippen LogP contribution in [0.15, 0.2) is 65.6 Å². The number of amides is 1. The first-order chi connectivity index (χ1) is 16.7. The fraction of sp³-hybridized carbons (Fsp3) is 0.519. The van der Waals surface area contributed by atoms with Gasteiger partial charge in [-0.2, -0.15) is 0 Å². The highest BCUT2D eigenvalue weighted by molar-refractivity contribution is 7.89. The first-order valence-electron chi connectivity index (χ1n) is 12.4. The third-order valence-corrected chi connectivity index (χ3v) is 8.72. The van der Waals surface area contributed by atoms with Gasteiger partial charge in [0.15, 0.2) is 0 Å². The predicted molar refractivity (Wildman–Crippen MR) is 139 cm³/mol. The number of rotatable bonds is 10. The zero-order chi connectivity index (χ0) is 25.4. The Hall–Kier alpha value is -2.42. The summed E-state index contributed by atoms with van der Waals surface area (Å²) in [5.41, 5.74) is 1.15. The summed E-state index contributed by atoms with van der Waals surface area (Å²) >= 11 is 0. The highest BCUT2D eigenvalue weighted by Gasteiger charge is 2.31. The summed E-state index contributed by atoms with van der Waals surface area (Å²) in [4.78, 5) is 16.8. The summed E-state index contributed by atoms with van der Waals surface area (Å²) in [5.74, 6) is 0.0830. The van der Waals surface area contributed by atoms with Crippen LogP contribution in [0, 0.1) is 0 Å². The molecule has 35 heavy (non-hydrogen) atoms. The van der Waals surface area contributed by atoms with Crippen molar-refractivity contribution in [3.8, 4) is 0 Å². The van der Waals surface area contributed by atoms with E-state index in [1.54, 1.807) is 31.3 Å². The smallest absolute Gasteiger partial charge is 0.409 e. The zero-order valence-electron chi connectivity index (χ0n) is 21.3. The molecule has 2 aromatic rings. The minimum Gasteiger partial charge on any atom is -0.453 e. The van der Waals surface area contributed by atoms with Crippen molar-refractivity contribution in [3.05, 3.63) is 66.2 Å². The van der Waals surface area contributed by atoms with Crippen molar-refractivity contribution >= 4 is 16.1 Å². The van der Waals surface area contributed by atoms with Gasteiger partial charge in [-0.25, -0.2) is 17.5 Å². The Kier molecular flexibility index (Phi) is 9.71. The maximum Gasteiger partial charge on any atom is 0.409 e. The van der Waals surface area contributed by atoms with Gasteiger partial charge in [-0.1, -0.05) is 48.5 Å². The van der Waals surface area contributed by atoms with E-state index in [4.69, 9.17) is 4.74 Å². The Balaban J connectivity index is 1.63. The van der Waals surface area contributed by atoms with E-state index in [9.17, 15) is 13.2 Å². The van der Waals surface area contributed by atoms with Crippen LogP contribution in [0.1, 0.15) is 44.6 Å². The van der Waals surface area contributed by atoms with Crippen LogP contribution in [-0.2, 0) is 14.8 Å². The second-order valence-corrected chi connectivity index (χ2v) is 11.6. The van der Waals surface area contributed by atoms with Crippen molar-refractivity contribution in [2.24, 2.45) is 0 Å². The van der Waals surface area contributed by atoms with Crippen molar-refractivity contribution in [1.29, 1.82) is 0 Å². The lowest BCUT2D eigenvalue weighted by Gasteiger charge is -2.40. The molecule has 0 bridgehead atoms. The van der Waals surface area contributed by atoms with E-state index in [1.807, 2.05) is 43.0 Å². The highest BCUT2D eigenvalue weighted by atomic mass is 32.2. The number of likely N-dealkylation sites (tertiary alicyclic amines) is 1. The van der Waals surface area contributed by atoms with Crippen molar-refractivity contribution in [1.82, 2.24) is 14.1 Å². The van der Waals surface area contributed by atoms with E-state index in [0.29, 0.717) is 11.4 Å². The lowest BCUT2D eigenvalue weighted by molar-refractivity contribution is 0.0622. The second kappa shape index (κ2) is 12.5. The highest BCUT2D eigenvalue weighted by Crippen LogP contribution is 2.26. The number of likely N-dealkylation sites (N-methyl/N-ethyl adjacent to an activating group) is 1. The molecule has 0 saturated carbocycles. The van der Waals surface area contributed by atoms with Gasteiger partial charge in [-0.3, -0.25) is 0 Å². The summed E-state index contributed by atoms with van der Waals surface area (Å²) < 4.78 is 32.7. The molecule has 1 aliphatic heterocycles. The molecular formula is C27H39N3O4S. The molecule has 2 aromatic carbocycles. The Bertz CT molecular complexity index is 1020. The van der Waals surface area contributed by atoms with Crippen molar-refractivity contribution in [3.63, 3.8) is 0 Å². The maximum absolute atomic E-state index is 13.1. The van der Waals surface area contributed by atoms with Crippen LogP contribution in [-0.4, -0.2) is 81.0 Å². The standard InChI is InChI=1S/C27H39N3O4S/c1-22(2)30(27(31)34-4)25-16-19-29(20-17-25)18-15-24(23-11-7-5-8-12-23)21-28(3)35(32,33)26-13-9-6-10-14-26/h5-14,22,24-25H,15-21H2,1-4H3. The van der Waals surface area contributed by atoms with Crippen molar-refractivity contribution in [2.45, 2.75) is 56.0 Å². The van der Waals surface area contributed by atoms with E-state index in [-0.39, 0.29) is 24.1 Å². The quantitative estimate of drug-likeness (QED) is 0.482. The van der Waals surface area contributed by atoms with E-state index in [0.717, 1.165) is 44.5 Å². The SMILES string of the molecule is COC(=O)N(C(C)C)C1CCN(CCC(CN(C)S(=O)(=O)c2ccccc2)c2ccccc2)CC1. The number of piperidine rings is 1. The number of ether oxygens (including phenoxy) is 1. The number of methoxy groups -OCH3 is 1. The third-order valence-electron chi connectivity index (χ3n) is 6.89. The molecule has 1 amide bonds. The molecule has 0 radical (unpaired) electrons. The Morgan fingerprint density at radius 1 is 1.03 bits per heavy atom. The molecule has 1 fully saturated rings. The van der Waals surface area contributed by atoms with Gasteiger partial charge < -0.3 is 14.5 Å². The van der Waals surface area contributed by atoms with Gasteiger partial charge in [-0.15, -0.1) is 0 Å². The number of hydrogen-bond acceptors (Lipinski definition) is 5. The Labute approximate surface area is 210 Å². The first-order valence-corrected chi connectivity index (χ1v) is 13.8. The van der Waals surface area contributed by atoms with Gasteiger partial charge in [0.05, 0.1) is 12.0 Å². The third kappa shape index (κ3) is 7.06. The van der Waals surface area contributed by atoms with Gasteiger partial charge in [0.1, 0.15) is 0 Å². The molecule has 1 saturated heterocycles. The summed E-state index contributed by atoms with van der Waals surface area (Å²) in [5, 5.41) is 0. The molecule has 0 aromatic heterocycles. The molecule has 0 N–H and O–H groups in total. The first kappa shape index (κ1) is 27.2. The summed E-state index contributed by atoms with van der Waals surface area (Å²) in [6.07, 6.45) is 2.41. The number of carbonyl (C=O) groups excluding carboxylic acids is 1. The Morgan fingerprint density at radius 3 is 2.14 bits per heavy atom. The average molecular weight is 502 g/mol. The van der Waals surface area contributed by atoms with Crippen molar-refractivity contribution in [2.75, 3.05) is 40.3 Å². The normalized spacial score (nSPS) is 16.4. The molecule has 1 atom stereocenters. The number of benzene rings is 2. The molecular weight excluding hydrogens is 462 g/mol. The van der Waals surface area contributed by atoms with E-state index in [1.165, 1.54) is 11.4 Å². The molecule has 0 spiro atoms. The van der Waals surface area contributed by atoms with E-state index in [2.05, 4.69) is 17.0 Å². The lowest BCUT2D eigenvalue weighted by Crippen LogP contribution is -2.50. The molecule has 7 nitrogen and oxygen atoms in total. The summed E-state index contributed by atoms with van der Waals surface area (Å²) in [6, 6.07) is 19.0. The zero-order valence-corrected chi connectivity index (χ0v) is 22.2. The number of nitrogens with zero attached hydrogens (tertiary/aromatic N) is 3. The Morgan fingerprint density at radius 2 is 1.60 bits per heavy atom. The minimum atomic E-state index is -3.55. The number of sulfonamides is 1. The molecule has 1 aliphatic rings. The van der Waals surface area contributed by atoms with Crippen LogP contribution in [0.4, 0.5) is 4.79 Å². The molecule has 1 heterocycles. The van der Waals surface area contributed by atoms with Crippen LogP contribution in [0.5, 0.6) is 0 Å². The van der Waals surface area contributed by atoms with Crippen LogP contribution >= 0.6 is 0 Å². The fourth-order valence-corrected chi connectivity index (χ4v) is 6.15. The van der Waals surface area contributed by atoms with Gasteiger partial charge in [0, 0.05) is 38.8 Å². The monoisotopic (exact) mass is 501 g/mol. The fourth-order valence-electron chi connectivity index (χ4n) is 4.92. The minimum absolute atomic E-state index is 0.0830.